The molecule has 2 aromatic rings. The molecule has 0 aromatic heterocycles. The number of ether oxygens (including phenoxy) is 1. The fraction of sp³-hybridized carbons (Fsp3) is 0.105. The average Bonchev–Trinajstić information content (AvgIpc) is 2.53. The lowest BCUT2D eigenvalue weighted by Crippen LogP contribution is -1.85. The number of halogens is 1. The molecule has 0 fully saturated rings. The molecule has 0 heterocycles. The van der Waals surface area contributed by atoms with Crippen LogP contribution in [0.1, 0.15) is 17.5 Å². The Morgan fingerprint density at radius 3 is 2.38 bits per heavy atom. The molecule has 0 aliphatic heterocycles. The zero-order valence-corrected chi connectivity index (χ0v) is 12.7. The molecule has 0 amide bonds. The van der Waals surface area contributed by atoms with Crippen LogP contribution in [0.5, 0.6) is 5.75 Å². The van der Waals surface area contributed by atoms with Gasteiger partial charge in [-0.15, -0.1) is 12.3 Å². The third-order valence-electron chi connectivity index (χ3n) is 3.07. The highest BCUT2D eigenvalue weighted by atomic mass is 35.5. The Morgan fingerprint density at radius 1 is 1.14 bits per heavy atom. The number of rotatable bonds is 5. The van der Waals surface area contributed by atoms with Gasteiger partial charge in [-0.25, -0.2) is 0 Å². The van der Waals surface area contributed by atoms with E-state index in [1.54, 1.807) is 7.11 Å². The Labute approximate surface area is 130 Å². The second-order valence-electron chi connectivity index (χ2n) is 4.54. The van der Waals surface area contributed by atoms with Gasteiger partial charge in [0.25, 0.3) is 0 Å². The van der Waals surface area contributed by atoms with E-state index in [2.05, 4.69) is 12.3 Å². The summed E-state index contributed by atoms with van der Waals surface area (Å²) in [7, 11) is 1.66. The largest absolute Gasteiger partial charge is 0.497 e. The van der Waals surface area contributed by atoms with E-state index in [0.717, 1.165) is 33.9 Å². The number of allylic oxidation sites excluding steroid dienone is 2. The van der Waals surface area contributed by atoms with Crippen LogP contribution in [0.4, 0.5) is 0 Å². The molecule has 0 unspecified atom stereocenters. The fourth-order valence-electron chi connectivity index (χ4n) is 1.93. The molecule has 0 atom stereocenters. The van der Waals surface area contributed by atoms with Crippen molar-refractivity contribution in [2.45, 2.75) is 6.42 Å². The predicted molar refractivity (Wildman–Crippen MR) is 90.6 cm³/mol. The molecule has 0 bridgehead atoms. The summed E-state index contributed by atoms with van der Waals surface area (Å²) >= 11 is 5.88. The quantitative estimate of drug-likeness (QED) is 0.514. The van der Waals surface area contributed by atoms with Crippen molar-refractivity contribution in [1.29, 1.82) is 0 Å². The van der Waals surface area contributed by atoms with E-state index >= 15 is 0 Å². The summed E-state index contributed by atoms with van der Waals surface area (Å²) in [5, 5.41) is 0.734. The van der Waals surface area contributed by atoms with Crippen LogP contribution in [-0.4, -0.2) is 7.11 Å². The molecular formula is C19H17ClO. The van der Waals surface area contributed by atoms with E-state index in [9.17, 15) is 0 Å². The summed E-state index contributed by atoms with van der Waals surface area (Å²) < 4.78 is 5.18. The fourth-order valence-corrected chi connectivity index (χ4v) is 2.05. The zero-order chi connectivity index (χ0) is 15.1. The minimum Gasteiger partial charge on any atom is -0.497 e. The Balaban J connectivity index is 2.34. The Bertz CT molecular complexity index is 660. The molecule has 0 saturated heterocycles. The van der Waals surface area contributed by atoms with Gasteiger partial charge in [-0.3, -0.25) is 0 Å². The van der Waals surface area contributed by atoms with E-state index in [1.165, 1.54) is 0 Å². The van der Waals surface area contributed by atoms with E-state index < -0.39 is 0 Å². The highest BCUT2D eigenvalue weighted by Crippen LogP contribution is 2.21. The summed E-state index contributed by atoms with van der Waals surface area (Å²) in [4.78, 5) is 0. The first-order valence-electron chi connectivity index (χ1n) is 6.69. The van der Waals surface area contributed by atoms with E-state index in [-0.39, 0.29) is 0 Å². The summed E-state index contributed by atoms with van der Waals surface area (Å²) in [6.07, 6.45) is 4.60. The third-order valence-corrected chi connectivity index (χ3v) is 3.32. The van der Waals surface area contributed by atoms with Gasteiger partial charge in [-0.05, 0) is 47.9 Å². The molecule has 2 heteroatoms. The second-order valence-corrected chi connectivity index (χ2v) is 4.98. The highest BCUT2D eigenvalue weighted by Gasteiger charge is 1.99. The number of benzene rings is 2. The topological polar surface area (TPSA) is 9.23 Å². The molecule has 0 spiro atoms. The van der Waals surface area contributed by atoms with Crippen LogP contribution < -0.4 is 4.74 Å². The Hall–Kier alpha value is -2.21. The van der Waals surface area contributed by atoms with Crippen molar-refractivity contribution in [2.75, 3.05) is 7.11 Å². The summed E-state index contributed by atoms with van der Waals surface area (Å²) in [5.74, 6) is 0.846. The lowest BCUT2D eigenvalue weighted by molar-refractivity contribution is 0.415. The smallest absolute Gasteiger partial charge is 0.118 e. The van der Waals surface area contributed by atoms with Crippen LogP contribution in [0.25, 0.3) is 11.6 Å². The van der Waals surface area contributed by atoms with Gasteiger partial charge >= 0.3 is 0 Å². The normalized spacial score (nSPS) is 9.62. The molecule has 106 valence electrons. The maximum Gasteiger partial charge on any atom is 0.118 e. The molecule has 1 nitrogen and oxygen atoms in total. The Morgan fingerprint density at radius 2 is 1.81 bits per heavy atom. The molecule has 2 rings (SSSR count). The van der Waals surface area contributed by atoms with Gasteiger partial charge in [-0.1, -0.05) is 41.9 Å². The molecule has 0 N–H and O–H groups in total. The predicted octanol–water partition coefficient (Wildman–Crippen LogP) is 5.62. The van der Waals surface area contributed by atoms with Gasteiger partial charge in [0, 0.05) is 10.6 Å². The minimum atomic E-state index is 0.734. The van der Waals surface area contributed by atoms with Crippen molar-refractivity contribution in [2.24, 2.45) is 0 Å². The van der Waals surface area contributed by atoms with Crippen LogP contribution in [0.3, 0.4) is 0 Å². The van der Waals surface area contributed by atoms with Crippen LogP contribution in [-0.2, 0) is 0 Å². The number of methoxy groups -OCH3 is 1. The van der Waals surface area contributed by atoms with Gasteiger partial charge in [-0.2, -0.15) is 0 Å². The van der Waals surface area contributed by atoms with E-state index in [0.29, 0.717) is 0 Å². The number of hydrogen-bond acceptors (Lipinski definition) is 1. The second kappa shape index (κ2) is 7.54. The van der Waals surface area contributed by atoms with Crippen LogP contribution in [0.2, 0.25) is 5.02 Å². The number of hydrogen-bond donors (Lipinski definition) is 0. The molecule has 0 saturated carbocycles. The van der Waals surface area contributed by atoms with Crippen molar-refractivity contribution >= 4 is 23.3 Å². The highest BCUT2D eigenvalue weighted by molar-refractivity contribution is 6.30. The van der Waals surface area contributed by atoms with Gasteiger partial charge in [0.05, 0.1) is 7.11 Å². The van der Waals surface area contributed by atoms with Crippen molar-refractivity contribution in [3.8, 4) is 5.75 Å². The first-order valence-corrected chi connectivity index (χ1v) is 7.07. The van der Waals surface area contributed by atoms with Gasteiger partial charge in [0.2, 0.25) is 0 Å². The third kappa shape index (κ3) is 4.39. The standard InChI is InChI=1S/C19H17ClO/c1-3-4-16(17-9-13-19(21-2)14-10-17)8-5-15-6-11-18(20)12-7-15/h3,5-7,9-14H,1,4H2,2H3. The maximum atomic E-state index is 5.88. The maximum absolute atomic E-state index is 5.88. The SMILES string of the molecule is C=CCC(=C=Cc1ccc(Cl)cc1)c1ccc(OC)cc1. The molecule has 0 radical (unpaired) electrons. The summed E-state index contributed by atoms with van der Waals surface area (Å²) in [6.45, 7) is 3.81. The molecule has 0 aliphatic carbocycles. The van der Waals surface area contributed by atoms with Gasteiger partial charge in [0.15, 0.2) is 0 Å². The van der Waals surface area contributed by atoms with Gasteiger partial charge < -0.3 is 4.74 Å². The van der Waals surface area contributed by atoms with Crippen molar-refractivity contribution in [1.82, 2.24) is 0 Å². The zero-order valence-electron chi connectivity index (χ0n) is 12.0. The molecule has 21 heavy (non-hydrogen) atoms. The van der Waals surface area contributed by atoms with Crippen LogP contribution >= 0.6 is 11.6 Å². The first kappa shape index (κ1) is 15.2. The monoisotopic (exact) mass is 296 g/mol. The lowest BCUT2D eigenvalue weighted by Gasteiger charge is -2.04. The summed E-state index contributed by atoms with van der Waals surface area (Å²) in [6, 6.07) is 15.6. The molecule has 2 aromatic carbocycles. The Kier molecular flexibility index (Phi) is 5.45. The summed E-state index contributed by atoms with van der Waals surface area (Å²) in [5.41, 5.74) is 6.61. The molecular weight excluding hydrogens is 280 g/mol. The van der Waals surface area contributed by atoms with Crippen LogP contribution in [0.15, 0.2) is 66.9 Å². The van der Waals surface area contributed by atoms with Gasteiger partial charge in [0.1, 0.15) is 5.75 Å². The van der Waals surface area contributed by atoms with Crippen LogP contribution in [0, 0.1) is 0 Å². The van der Waals surface area contributed by atoms with Crippen molar-refractivity contribution in [3.63, 3.8) is 0 Å². The minimum absolute atomic E-state index is 0.734. The lowest BCUT2D eigenvalue weighted by atomic mass is 10.0. The van der Waals surface area contributed by atoms with Crippen molar-refractivity contribution < 1.29 is 4.74 Å². The molecule has 0 aliphatic rings. The van der Waals surface area contributed by atoms with Crippen molar-refractivity contribution in [3.05, 3.63) is 83.1 Å². The first-order chi connectivity index (χ1) is 10.2. The van der Waals surface area contributed by atoms with E-state index in [1.807, 2.05) is 60.7 Å². The average molecular weight is 297 g/mol. The van der Waals surface area contributed by atoms with E-state index in [4.69, 9.17) is 16.3 Å².